The van der Waals surface area contributed by atoms with Crippen LogP contribution < -0.4 is 5.32 Å². The largest absolute Gasteiger partial charge is 0.314 e. The van der Waals surface area contributed by atoms with Crippen molar-refractivity contribution in [3.8, 4) is 0 Å². The lowest BCUT2D eigenvalue weighted by molar-refractivity contribution is 0.147. The summed E-state index contributed by atoms with van der Waals surface area (Å²) in [5, 5.41) is 3.66. The van der Waals surface area contributed by atoms with E-state index in [4.69, 9.17) is 0 Å². The number of likely N-dealkylation sites (tertiary alicyclic amines) is 1. The highest BCUT2D eigenvalue weighted by Crippen LogP contribution is 2.27. The minimum atomic E-state index is 0.183. The summed E-state index contributed by atoms with van der Waals surface area (Å²) in [5.74, 6) is 0.844. The molecular formula is C19H32N2. The van der Waals surface area contributed by atoms with Gasteiger partial charge in [0.2, 0.25) is 0 Å². The first-order valence-corrected chi connectivity index (χ1v) is 8.51. The second kappa shape index (κ2) is 7.42. The van der Waals surface area contributed by atoms with E-state index in [-0.39, 0.29) is 5.41 Å². The molecule has 0 aliphatic carbocycles. The summed E-state index contributed by atoms with van der Waals surface area (Å²) in [7, 11) is 0. The van der Waals surface area contributed by atoms with Crippen LogP contribution in [0.15, 0.2) is 30.3 Å². The fraction of sp³-hybridized carbons (Fsp3) is 0.684. The van der Waals surface area contributed by atoms with Gasteiger partial charge in [0.1, 0.15) is 0 Å². The van der Waals surface area contributed by atoms with Gasteiger partial charge >= 0.3 is 0 Å². The predicted molar refractivity (Wildman–Crippen MR) is 91.8 cm³/mol. The van der Waals surface area contributed by atoms with Gasteiger partial charge in [0.05, 0.1) is 0 Å². The van der Waals surface area contributed by atoms with Gasteiger partial charge in [-0.2, -0.15) is 0 Å². The monoisotopic (exact) mass is 288 g/mol. The number of hydrogen-bond acceptors (Lipinski definition) is 2. The topological polar surface area (TPSA) is 15.3 Å². The number of rotatable bonds is 6. The molecular weight excluding hydrogens is 256 g/mol. The maximum Gasteiger partial charge on any atom is 0.0177 e. The third kappa shape index (κ3) is 4.82. The summed E-state index contributed by atoms with van der Waals surface area (Å²) in [6.45, 7) is 14.0. The molecule has 1 saturated heterocycles. The van der Waals surface area contributed by atoms with Gasteiger partial charge in [0.15, 0.2) is 0 Å². The molecule has 2 unspecified atom stereocenters. The number of hydrogen-bond donors (Lipinski definition) is 1. The Balaban J connectivity index is 2.11. The van der Waals surface area contributed by atoms with E-state index in [0.29, 0.717) is 6.04 Å². The zero-order valence-electron chi connectivity index (χ0n) is 14.2. The van der Waals surface area contributed by atoms with Crippen molar-refractivity contribution in [2.75, 3.05) is 26.2 Å². The summed E-state index contributed by atoms with van der Waals surface area (Å²) in [6, 6.07) is 11.6. The summed E-state index contributed by atoms with van der Waals surface area (Å²) >= 11 is 0. The third-order valence-corrected chi connectivity index (χ3v) is 4.68. The van der Waals surface area contributed by atoms with Gasteiger partial charge in [-0.15, -0.1) is 0 Å². The molecule has 21 heavy (non-hydrogen) atoms. The van der Waals surface area contributed by atoms with Crippen molar-refractivity contribution in [1.29, 1.82) is 0 Å². The highest BCUT2D eigenvalue weighted by Gasteiger charge is 2.30. The highest BCUT2D eigenvalue weighted by molar-refractivity contribution is 5.25. The van der Waals surface area contributed by atoms with Crippen molar-refractivity contribution >= 4 is 0 Å². The van der Waals surface area contributed by atoms with Crippen LogP contribution in [0.4, 0.5) is 0 Å². The Hall–Kier alpha value is -0.860. The van der Waals surface area contributed by atoms with Crippen LogP contribution in [0.3, 0.4) is 0 Å². The molecule has 0 bridgehead atoms. The van der Waals surface area contributed by atoms with Crippen LogP contribution in [0, 0.1) is 5.92 Å². The van der Waals surface area contributed by atoms with E-state index < -0.39 is 0 Å². The van der Waals surface area contributed by atoms with Gasteiger partial charge in [0.25, 0.3) is 0 Å². The molecule has 2 nitrogen and oxygen atoms in total. The third-order valence-electron chi connectivity index (χ3n) is 4.68. The quantitative estimate of drug-likeness (QED) is 0.859. The standard InChI is InChI=1S/C19H32N2/c1-16(2)20-14-19(4,18-10-6-5-7-11-18)15-21-12-8-9-17(3)13-21/h5-7,10-11,16-17,20H,8-9,12-15H2,1-4H3. The lowest BCUT2D eigenvalue weighted by atomic mass is 9.81. The molecule has 1 aliphatic rings. The van der Waals surface area contributed by atoms with Crippen LogP contribution in [0.25, 0.3) is 0 Å². The Labute approximate surface area is 130 Å². The number of nitrogens with zero attached hydrogens (tertiary/aromatic N) is 1. The molecule has 0 radical (unpaired) electrons. The Morgan fingerprint density at radius 3 is 2.62 bits per heavy atom. The molecule has 1 aromatic rings. The van der Waals surface area contributed by atoms with Gasteiger partial charge in [-0.05, 0) is 30.9 Å². The van der Waals surface area contributed by atoms with E-state index in [1.807, 2.05) is 0 Å². The molecule has 118 valence electrons. The van der Waals surface area contributed by atoms with Crippen molar-refractivity contribution in [2.24, 2.45) is 5.92 Å². The minimum absolute atomic E-state index is 0.183. The lowest BCUT2D eigenvalue weighted by Crippen LogP contribution is -2.49. The Morgan fingerprint density at radius 2 is 2.00 bits per heavy atom. The van der Waals surface area contributed by atoms with Crippen molar-refractivity contribution < 1.29 is 0 Å². The summed E-state index contributed by atoms with van der Waals surface area (Å²) < 4.78 is 0. The Morgan fingerprint density at radius 1 is 1.29 bits per heavy atom. The van der Waals surface area contributed by atoms with Crippen LogP contribution in [0.5, 0.6) is 0 Å². The van der Waals surface area contributed by atoms with Crippen molar-refractivity contribution in [3.63, 3.8) is 0 Å². The fourth-order valence-electron chi connectivity index (χ4n) is 3.44. The SMILES string of the molecule is CC1CCCN(CC(C)(CNC(C)C)c2ccccc2)C1. The normalized spacial score (nSPS) is 23.2. The van der Waals surface area contributed by atoms with E-state index in [9.17, 15) is 0 Å². The molecule has 1 fully saturated rings. The molecule has 1 heterocycles. The maximum atomic E-state index is 3.66. The highest BCUT2D eigenvalue weighted by atomic mass is 15.1. The Kier molecular flexibility index (Phi) is 5.83. The molecule has 2 rings (SSSR count). The number of nitrogens with one attached hydrogen (secondary N) is 1. The van der Waals surface area contributed by atoms with Crippen LogP contribution in [0.2, 0.25) is 0 Å². The Bertz CT molecular complexity index is 415. The molecule has 0 aromatic heterocycles. The van der Waals surface area contributed by atoms with Gasteiger partial charge in [-0.25, -0.2) is 0 Å². The summed E-state index contributed by atoms with van der Waals surface area (Å²) in [4.78, 5) is 2.67. The van der Waals surface area contributed by atoms with Gasteiger partial charge in [-0.3, -0.25) is 0 Å². The molecule has 2 atom stereocenters. The van der Waals surface area contributed by atoms with Crippen LogP contribution in [-0.4, -0.2) is 37.1 Å². The minimum Gasteiger partial charge on any atom is -0.314 e. The van der Waals surface area contributed by atoms with Crippen molar-refractivity contribution in [1.82, 2.24) is 10.2 Å². The first-order chi connectivity index (χ1) is 9.99. The average molecular weight is 288 g/mol. The van der Waals surface area contributed by atoms with E-state index in [1.54, 1.807) is 0 Å². The fourth-order valence-corrected chi connectivity index (χ4v) is 3.44. The molecule has 0 saturated carbocycles. The van der Waals surface area contributed by atoms with Crippen LogP contribution in [-0.2, 0) is 5.41 Å². The van der Waals surface area contributed by atoms with E-state index >= 15 is 0 Å². The molecule has 0 amide bonds. The summed E-state index contributed by atoms with van der Waals surface area (Å²) in [5.41, 5.74) is 1.64. The van der Waals surface area contributed by atoms with E-state index in [1.165, 1.54) is 31.5 Å². The van der Waals surface area contributed by atoms with Crippen molar-refractivity contribution in [2.45, 2.75) is 52.0 Å². The first-order valence-electron chi connectivity index (χ1n) is 8.51. The molecule has 1 aromatic carbocycles. The van der Waals surface area contributed by atoms with Crippen molar-refractivity contribution in [3.05, 3.63) is 35.9 Å². The van der Waals surface area contributed by atoms with E-state index in [0.717, 1.165) is 19.0 Å². The van der Waals surface area contributed by atoms with Gasteiger partial charge < -0.3 is 10.2 Å². The lowest BCUT2D eigenvalue weighted by Gasteiger charge is -2.40. The second-order valence-electron chi connectivity index (χ2n) is 7.44. The predicted octanol–water partition coefficient (Wildman–Crippen LogP) is 3.67. The summed E-state index contributed by atoms with van der Waals surface area (Å²) in [6.07, 6.45) is 2.74. The average Bonchev–Trinajstić information content (AvgIpc) is 2.46. The smallest absolute Gasteiger partial charge is 0.0177 e. The number of piperidine rings is 1. The maximum absolute atomic E-state index is 3.66. The van der Waals surface area contributed by atoms with Crippen LogP contribution >= 0.6 is 0 Å². The van der Waals surface area contributed by atoms with Gasteiger partial charge in [0, 0.05) is 31.1 Å². The first kappa shape index (κ1) is 16.5. The molecule has 2 heteroatoms. The molecule has 0 spiro atoms. The van der Waals surface area contributed by atoms with Gasteiger partial charge in [-0.1, -0.05) is 58.0 Å². The molecule has 1 aliphatic heterocycles. The molecule has 1 N–H and O–H groups in total. The second-order valence-corrected chi connectivity index (χ2v) is 7.44. The zero-order chi connectivity index (χ0) is 15.3. The number of benzene rings is 1. The van der Waals surface area contributed by atoms with Crippen LogP contribution in [0.1, 0.15) is 46.1 Å². The zero-order valence-corrected chi connectivity index (χ0v) is 14.2. The van der Waals surface area contributed by atoms with E-state index in [2.05, 4.69) is 68.2 Å².